The molecule has 3 nitrogen and oxygen atoms in total. The molecule has 4 heteroatoms. The van der Waals surface area contributed by atoms with E-state index in [2.05, 4.69) is 11.6 Å². The van der Waals surface area contributed by atoms with Crippen molar-refractivity contribution in [1.29, 1.82) is 0 Å². The number of primary amides is 1. The average Bonchev–Trinajstić information content (AvgIpc) is 2.90. The monoisotopic (exact) mass is 292 g/mol. The van der Waals surface area contributed by atoms with E-state index < -0.39 is 0 Å². The van der Waals surface area contributed by atoms with Gasteiger partial charge in [-0.3, -0.25) is 4.79 Å². The molecule has 1 amide bonds. The van der Waals surface area contributed by atoms with Gasteiger partial charge in [-0.05, 0) is 49.3 Å². The van der Waals surface area contributed by atoms with Crippen LogP contribution in [0.4, 0.5) is 0 Å². The molecule has 1 aromatic carbocycles. The average molecular weight is 292 g/mol. The Morgan fingerprint density at radius 3 is 2.65 bits per heavy atom. The summed E-state index contributed by atoms with van der Waals surface area (Å²) in [4.78, 5) is 11.1. The third-order valence-corrected chi connectivity index (χ3v) is 5.76. The highest BCUT2D eigenvalue weighted by atomic mass is 32.2. The third-order valence-electron chi connectivity index (χ3n) is 4.34. The molecule has 1 aromatic rings. The second kappa shape index (κ2) is 6.64. The summed E-state index contributed by atoms with van der Waals surface area (Å²) in [5.41, 5.74) is 8.24. The number of nitrogens with two attached hydrogens (primary N) is 1. The van der Waals surface area contributed by atoms with E-state index in [9.17, 15) is 4.79 Å². The number of aryl methyl sites for hydroxylation is 1. The van der Waals surface area contributed by atoms with E-state index in [-0.39, 0.29) is 5.91 Å². The molecule has 0 heterocycles. The van der Waals surface area contributed by atoms with E-state index in [1.165, 1.54) is 31.2 Å². The van der Waals surface area contributed by atoms with Crippen LogP contribution in [0.15, 0.2) is 18.2 Å². The van der Waals surface area contributed by atoms with Crippen LogP contribution in [0.2, 0.25) is 0 Å². The van der Waals surface area contributed by atoms with E-state index in [0.717, 1.165) is 18.7 Å². The number of benzene rings is 1. The molecule has 0 aliphatic heterocycles. The summed E-state index contributed by atoms with van der Waals surface area (Å²) >= 11 is 2.00. The van der Waals surface area contributed by atoms with E-state index in [1.807, 2.05) is 36.9 Å². The lowest BCUT2D eigenvalue weighted by molar-refractivity contribution is 0.1000. The largest absolute Gasteiger partial charge is 0.366 e. The van der Waals surface area contributed by atoms with Gasteiger partial charge in [0.25, 0.3) is 0 Å². The van der Waals surface area contributed by atoms with Crippen molar-refractivity contribution in [3.05, 3.63) is 34.9 Å². The third kappa shape index (κ3) is 3.55. The topological polar surface area (TPSA) is 55.1 Å². The highest BCUT2D eigenvalue weighted by Crippen LogP contribution is 2.39. The maximum absolute atomic E-state index is 11.1. The maximum atomic E-state index is 11.1. The normalized spacial score (nSPS) is 17.3. The van der Waals surface area contributed by atoms with Crippen LogP contribution in [0.5, 0.6) is 0 Å². The summed E-state index contributed by atoms with van der Waals surface area (Å²) in [7, 11) is 0. The van der Waals surface area contributed by atoms with Crippen LogP contribution in [-0.4, -0.2) is 23.5 Å². The molecule has 0 unspecified atom stereocenters. The Labute approximate surface area is 125 Å². The van der Waals surface area contributed by atoms with Crippen LogP contribution in [-0.2, 0) is 6.54 Å². The van der Waals surface area contributed by atoms with Gasteiger partial charge in [0.1, 0.15) is 0 Å². The molecule has 1 saturated carbocycles. The molecule has 0 radical (unpaired) electrons. The van der Waals surface area contributed by atoms with Gasteiger partial charge in [-0.1, -0.05) is 18.9 Å². The summed E-state index contributed by atoms with van der Waals surface area (Å²) in [5, 5.41) is 3.59. The fourth-order valence-electron chi connectivity index (χ4n) is 2.94. The lowest BCUT2D eigenvalue weighted by Gasteiger charge is -2.27. The minimum absolute atomic E-state index is 0.361. The molecule has 1 aliphatic carbocycles. The Bertz CT molecular complexity index is 481. The van der Waals surface area contributed by atoms with Crippen LogP contribution in [0.25, 0.3) is 0 Å². The van der Waals surface area contributed by atoms with Gasteiger partial charge in [0.15, 0.2) is 0 Å². The molecule has 20 heavy (non-hydrogen) atoms. The van der Waals surface area contributed by atoms with Gasteiger partial charge >= 0.3 is 0 Å². The summed E-state index contributed by atoms with van der Waals surface area (Å²) in [6, 6.07) is 5.69. The van der Waals surface area contributed by atoms with Crippen LogP contribution < -0.4 is 11.1 Å². The van der Waals surface area contributed by atoms with Gasteiger partial charge in [0, 0.05) is 23.4 Å². The number of nitrogens with one attached hydrogen (secondary N) is 1. The zero-order valence-corrected chi connectivity index (χ0v) is 13.2. The predicted octanol–water partition coefficient (Wildman–Crippen LogP) is 2.86. The molecule has 0 saturated heterocycles. The number of thioether (sulfide) groups is 1. The van der Waals surface area contributed by atoms with Gasteiger partial charge < -0.3 is 11.1 Å². The van der Waals surface area contributed by atoms with Crippen molar-refractivity contribution in [1.82, 2.24) is 5.32 Å². The second-order valence-corrected chi connectivity index (χ2v) is 6.98. The van der Waals surface area contributed by atoms with Crippen molar-refractivity contribution in [2.75, 3.05) is 12.8 Å². The van der Waals surface area contributed by atoms with Gasteiger partial charge in [0.05, 0.1) is 0 Å². The van der Waals surface area contributed by atoms with E-state index in [0.29, 0.717) is 10.3 Å². The molecular weight excluding hydrogens is 268 g/mol. The van der Waals surface area contributed by atoms with Gasteiger partial charge in [-0.2, -0.15) is 11.8 Å². The van der Waals surface area contributed by atoms with E-state index in [4.69, 9.17) is 5.73 Å². The number of hydrogen-bond acceptors (Lipinski definition) is 3. The Kier molecular flexibility index (Phi) is 5.11. The minimum atomic E-state index is -0.361. The number of carbonyl (C=O) groups is 1. The number of hydrogen-bond donors (Lipinski definition) is 2. The molecule has 110 valence electrons. The summed E-state index contributed by atoms with van der Waals surface area (Å²) < 4.78 is 0.432. The zero-order valence-electron chi connectivity index (χ0n) is 12.4. The van der Waals surface area contributed by atoms with E-state index in [1.54, 1.807) is 0 Å². The van der Waals surface area contributed by atoms with Crippen molar-refractivity contribution >= 4 is 17.7 Å². The Morgan fingerprint density at radius 1 is 1.40 bits per heavy atom. The standard InChI is InChI=1S/C16H24N2OS/c1-12-9-13(15(17)19)5-6-14(12)10-18-11-16(20-2)7-3-4-8-16/h5-6,9,18H,3-4,7-8,10-11H2,1-2H3,(H2,17,19). The highest BCUT2D eigenvalue weighted by molar-refractivity contribution is 8.00. The molecular formula is C16H24N2OS. The molecule has 0 spiro atoms. The first-order valence-corrected chi connectivity index (χ1v) is 8.44. The molecule has 1 aliphatic rings. The van der Waals surface area contributed by atoms with Crippen LogP contribution in [0.1, 0.15) is 47.2 Å². The van der Waals surface area contributed by atoms with Gasteiger partial charge in [-0.25, -0.2) is 0 Å². The molecule has 2 rings (SSSR count). The lowest BCUT2D eigenvalue weighted by Crippen LogP contribution is -2.34. The Hall–Kier alpha value is -1.00. The summed E-state index contributed by atoms with van der Waals surface area (Å²) in [5.74, 6) is -0.361. The van der Waals surface area contributed by atoms with E-state index >= 15 is 0 Å². The highest BCUT2D eigenvalue weighted by Gasteiger charge is 2.32. The zero-order chi connectivity index (χ0) is 14.6. The van der Waals surface area contributed by atoms with Crippen molar-refractivity contribution in [3.63, 3.8) is 0 Å². The summed E-state index contributed by atoms with van der Waals surface area (Å²) in [6.07, 6.45) is 7.57. The first kappa shape index (κ1) is 15.4. The fourth-order valence-corrected chi connectivity index (χ4v) is 3.89. The molecule has 0 atom stereocenters. The Morgan fingerprint density at radius 2 is 2.10 bits per heavy atom. The SMILES string of the molecule is CSC1(CNCc2ccc(C(N)=O)cc2C)CCCC1. The van der Waals surface area contributed by atoms with Gasteiger partial charge in [-0.15, -0.1) is 0 Å². The van der Waals surface area contributed by atoms with Crippen molar-refractivity contribution in [3.8, 4) is 0 Å². The maximum Gasteiger partial charge on any atom is 0.248 e. The fraction of sp³-hybridized carbons (Fsp3) is 0.562. The van der Waals surface area contributed by atoms with Crippen molar-refractivity contribution in [2.45, 2.75) is 43.9 Å². The first-order chi connectivity index (χ1) is 9.56. The first-order valence-electron chi connectivity index (χ1n) is 7.21. The number of rotatable bonds is 6. The smallest absolute Gasteiger partial charge is 0.248 e. The number of carbonyl (C=O) groups excluding carboxylic acids is 1. The summed E-state index contributed by atoms with van der Waals surface area (Å²) in [6.45, 7) is 3.95. The lowest BCUT2D eigenvalue weighted by atomic mass is 10.0. The minimum Gasteiger partial charge on any atom is -0.366 e. The van der Waals surface area contributed by atoms with Crippen LogP contribution in [0, 0.1) is 6.92 Å². The quantitative estimate of drug-likeness (QED) is 0.847. The van der Waals surface area contributed by atoms with Crippen LogP contribution >= 0.6 is 11.8 Å². The van der Waals surface area contributed by atoms with Gasteiger partial charge in [0.2, 0.25) is 5.91 Å². The Balaban J connectivity index is 1.92. The van der Waals surface area contributed by atoms with Crippen molar-refractivity contribution in [2.24, 2.45) is 5.73 Å². The molecule has 0 bridgehead atoms. The van der Waals surface area contributed by atoms with Crippen LogP contribution in [0.3, 0.4) is 0 Å². The van der Waals surface area contributed by atoms with Crippen molar-refractivity contribution < 1.29 is 4.79 Å². The molecule has 0 aromatic heterocycles. The second-order valence-electron chi connectivity index (χ2n) is 5.70. The molecule has 3 N–H and O–H groups in total. The predicted molar refractivity (Wildman–Crippen MR) is 86.1 cm³/mol. The number of amides is 1. The molecule has 1 fully saturated rings.